The fourth-order valence-electron chi connectivity index (χ4n) is 4.09. The first kappa shape index (κ1) is 23.0. The number of carbonyl (C=O) groups is 1. The van der Waals surface area contributed by atoms with Crippen molar-refractivity contribution in [1.82, 2.24) is 9.80 Å². The molecule has 31 heavy (non-hydrogen) atoms. The Balaban J connectivity index is 0.00000132. The number of carbonyl (C=O) groups excluding carboxylic acids is 1. The second-order valence-electron chi connectivity index (χ2n) is 7.98. The molecule has 0 saturated carbocycles. The number of aliphatic imine (C=N–C) groups is 1. The molecule has 1 fully saturated rings. The number of allylic oxidation sites excluding steroid dienone is 2. The average Bonchev–Trinajstić information content (AvgIpc) is 3.60. The molecule has 0 bridgehead atoms. The zero-order chi connectivity index (χ0) is 22.5. The van der Waals surface area contributed by atoms with Crippen LogP contribution in [0, 0.1) is 5.82 Å². The van der Waals surface area contributed by atoms with E-state index in [4.69, 9.17) is 4.74 Å². The van der Waals surface area contributed by atoms with Gasteiger partial charge in [0.2, 0.25) is 5.75 Å². The minimum atomic E-state index is -0.303. The number of halogens is 1. The second kappa shape index (κ2) is 10.1. The molecule has 1 aromatic rings. The van der Waals surface area contributed by atoms with Crippen molar-refractivity contribution in [2.45, 2.75) is 72.3 Å². The third-order valence-electron chi connectivity index (χ3n) is 6.02. The van der Waals surface area contributed by atoms with Crippen LogP contribution in [0.2, 0.25) is 0 Å². The minimum absolute atomic E-state index is 0.00603. The number of amides is 1. The van der Waals surface area contributed by atoms with Crippen LogP contribution < -0.4 is 4.74 Å². The van der Waals surface area contributed by atoms with Crippen LogP contribution in [0.25, 0.3) is 0 Å². The monoisotopic (exact) mass is 427 g/mol. The quantitative estimate of drug-likeness (QED) is 0.578. The van der Waals surface area contributed by atoms with Crippen LogP contribution in [0.3, 0.4) is 0 Å². The minimum Gasteiger partial charge on any atom is -0.446 e. The summed E-state index contributed by atoms with van der Waals surface area (Å²) in [4.78, 5) is 21.8. The molecule has 1 unspecified atom stereocenters. The summed E-state index contributed by atoms with van der Waals surface area (Å²) in [7, 11) is 1.94. The number of likely N-dealkylation sites (tertiary alicyclic amines) is 1. The van der Waals surface area contributed by atoms with Gasteiger partial charge in [0.1, 0.15) is 11.5 Å². The summed E-state index contributed by atoms with van der Waals surface area (Å²) in [6.45, 7) is 8.96. The molecule has 0 N–H and O–H groups in total. The van der Waals surface area contributed by atoms with Gasteiger partial charge in [-0.25, -0.2) is 9.38 Å². The van der Waals surface area contributed by atoms with Gasteiger partial charge < -0.3 is 14.5 Å². The summed E-state index contributed by atoms with van der Waals surface area (Å²) in [5.74, 6) is 1.33. The predicted molar refractivity (Wildman–Crippen MR) is 123 cm³/mol. The van der Waals surface area contributed by atoms with Crippen molar-refractivity contribution in [3.63, 3.8) is 0 Å². The van der Waals surface area contributed by atoms with Crippen molar-refractivity contribution in [1.29, 1.82) is 0 Å². The van der Waals surface area contributed by atoms with E-state index in [1.165, 1.54) is 6.42 Å². The highest BCUT2D eigenvalue weighted by atomic mass is 19.1. The van der Waals surface area contributed by atoms with Gasteiger partial charge in [-0.1, -0.05) is 39.7 Å². The van der Waals surface area contributed by atoms with E-state index in [0.29, 0.717) is 35.0 Å². The van der Waals surface area contributed by atoms with Crippen LogP contribution >= 0.6 is 0 Å². The van der Waals surface area contributed by atoms with Gasteiger partial charge in [0.05, 0.1) is 0 Å². The first-order valence-corrected chi connectivity index (χ1v) is 11.5. The molecule has 1 aromatic carbocycles. The molecule has 6 heteroatoms. The molecule has 1 atom stereocenters. The lowest BCUT2D eigenvalue weighted by Crippen LogP contribution is -2.43. The van der Waals surface area contributed by atoms with Crippen molar-refractivity contribution in [3.05, 3.63) is 47.2 Å². The molecule has 168 valence electrons. The normalized spacial score (nSPS) is 21.2. The van der Waals surface area contributed by atoms with E-state index in [0.717, 1.165) is 37.9 Å². The van der Waals surface area contributed by atoms with Crippen molar-refractivity contribution < 1.29 is 13.9 Å². The third-order valence-corrected chi connectivity index (χ3v) is 6.02. The molecule has 1 saturated heterocycles. The van der Waals surface area contributed by atoms with Gasteiger partial charge in [0.15, 0.2) is 11.6 Å². The lowest BCUT2D eigenvalue weighted by molar-refractivity contribution is -0.125. The fourth-order valence-corrected chi connectivity index (χ4v) is 4.09. The van der Waals surface area contributed by atoms with E-state index >= 15 is 0 Å². The number of ether oxygens (including phenoxy) is 1. The Morgan fingerprint density at radius 1 is 1.29 bits per heavy atom. The first-order chi connectivity index (χ1) is 15.0. The zero-order valence-electron chi connectivity index (χ0n) is 19.4. The van der Waals surface area contributed by atoms with E-state index in [1.807, 2.05) is 42.8 Å². The topological polar surface area (TPSA) is 48.4 Å². The van der Waals surface area contributed by atoms with Crippen LogP contribution in [0.1, 0.15) is 65.4 Å². The Labute approximate surface area is 185 Å². The Bertz CT molecular complexity index is 920. The van der Waals surface area contributed by atoms with Gasteiger partial charge in [-0.2, -0.15) is 0 Å². The molecule has 0 aromatic heterocycles. The highest BCUT2D eigenvalue weighted by Crippen LogP contribution is 2.48. The Hall–Kier alpha value is -2.63. The van der Waals surface area contributed by atoms with Crippen LogP contribution in [0.4, 0.5) is 4.39 Å². The number of rotatable bonds is 4. The summed E-state index contributed by atoms with van der Waals surface area (Å²) in [6, 6.07) is 3.75. The molecule has 3 aliphatic rings. The Kier molecular flexibility index (Phi) is 7.52. The molecule has 4 rings (SSSR count). The summed E-state index contributed by atoms with van der Waals surface area (Å²) in [5, 5.41) is 0. The summed E-state index contributed by atoms with van der Waals surface area (Å²) < 4.78 is 19.4. The third kappa shape index (κ3) is 5.00. The van der Waals surface area contributed by atoms with Gasteiger partial charge in [-0.15, -0.1) is 0 Å². The summed E-state index contributed by atoms with van der Waals surface area (Å²) in [6.07, 6.45) is 9.36. The second-order valence-corrected chi connectivity index (χ2v) is 7.98. The van der Waals surface area contributed by atoms with Gasteiger partial charge in [-0.3, -0.25) is 4.79 Å². The smallest absolute Gasteiger partial charge is 0.272 e. The number of nitrogens with zero attached hydrogens (tertiary/aromatic N) is 3. The molecule has 3 heterocycles. The predicted octanol–water partition coefficient (Wildman–Crippen LogP) is 5.81. The van der Waals surface area contributed by atoms with Crippen molar-refractivity contribution in [2.24, 2.45) is 4.99 Å². The number of fused-ring (bicyclic) bond motifs is 1. The van der Waals surface area contributed by atoms with Crippen LogP contribution in [-0.4, -0.2) is 41.1 Å². The largest absolute Gasteiger partial charge is 0.446 e. The van der Waals surface area contributed by atoms with Crippen molar-refractivity contribution in [3.8, 4) is 11.5 Å². The number of hydrogen-bond acceptors (Lipinski definition) is 4. The van der Waals surface area contributed by atoms with E-state index < -0.39 is 0 Å². The average molecular weight is 428 g/mol. The maximum absolute atomic E-state index is 14.3. The Morgan fingerprint density at radius 3 is 2.81 bits per heavy atom. The molecular weight excluding hydrogens is 393 g/mol. The molecular formula is C25H34FN3O2. The van der Waals surface area contributed by atoms with E-state index in [-0.39, 0.29) is 17.8 Å². The standard InChI is InChI=1S/C23H28FN3O2.C2H6/c1-4-17-14-18(23(28)27-13-7-5-6-8-15(27)2)25-20(26(17)3)12-10-16-9-11-19-22(29-19)21(16)24;1-2/h9,11-12,14-15H,4-8,10,13H2,1-3H3;1-2H3/b20-12-;. The molecule has 5 nitrogen and oxygen atoms in total. The van der Waals surface area contributed by atoms with Gasteiger partial charge in [-0.05, 0) is 56.4 Å². The highest BCUT2D eigenvalue weighted by Gasteiger charge is 2.29. The highest BCUT2D eigenvalue weighted by molar-refractivity contribution is 6.43. The molecule has 3 aliphatic heterocycles. The first-order valence-electron chi connectivity index (χ1n) is 11.5. The SMILES string of the molecule is CC.CCC1=CC(C(=O)N2CCCCCC2C)=N/C(=C/Cc2ccc3c(c2F)O3)N1C. The maximum atomic E-state index is 14.3. The molecule has 0 radical (unpaired) electrons. The van der Waals surface area contributed by atoms with Crippen LogP contribution in [0.5, 0.6) is 11.5 Å². The summed E-state index contributed by atoms with van der Waals surface area (Å²) in [5.41, 5.74) is 2.07. The van der Waals surface area contributed by atoms with Crippen molar-refractivity contribution in [2.75, 3.05) is 13.6 Å². The zero-order valence-corrected chi connectivity index (χ0v) is 19.4. The van der Waals surface area contributed by atoms with Gasteiger partial charge in [0.25, 0.3) is 5.91 Å². The molecule has 0 spiro atoms. The van der Waals surface area contributed by atoms with Crippen molar-refractivity contribution >= 4 is 11.6 Å². The number of benzene rings is 1. The Morgan fingerprint density at radius 2 is 2.06 bits per heavy atom. The lowest BCUT2D eigenvalue weighted by Gasteiger charge is -2.31. The lowest BCUT2D eigenvalue weighted by atomic mass is 10.1. The molecule has 1 amide bonds. The maximum Gasteiger partial charge on any atom is 0.272 e. The van der Waals surface area contributed by atoms with E-state index in [9.17, 15) is 9.18 Å². The van der Waals surface area contributed by atoms with Gasteiger partial charge in [0, 0.05) is 25.3 Å². The van der Waals surface area contributed by atoms with E-state index in [1.54, 1.807) is 12.1 Å². The number of hydrogen-bond donors (Lipinski definition) is 0. The summed E-state index contributed by atoms with van der Waals surface area (Å²) >= 11 is 0. The van der Waals surface area contributed by atoms with E-state index in [2.05, 4.69) is 18.8 Å². The van der Waals surface area contributed by atoms with Gasteiger partial charge >= 0.3 is 0 Å². The van der Waals surface area contributed by atoms with Crippen LogP contribution in [0.15, 0.2) is 40.8 Å². The molecule has 0 aliphatic carbocycles. The van der Waals surface area contributed by atoms with Crippen LogP contribution in [-0.2, 0) is 11.2 Å². The fraction of sp³-hybridized carbons (Fsp3) is 0.520.